The third-order valence-corrected chi connectivity index (χ3v) is 4.93. The molecular formula is C22H27NO4. The van der Waals surface area contributed by atoms with Gasteiger partial charge >= 0.3 is 5.97 Å². The Morgan fingerprint density at radius 1 is 1.37 bits per heavy atom. The fourth-order valence-corrected chi connectivity index (χ4v) is 3.13. The number of hydrogen-bond acceptors (Lipinski definition) is 3. The number of aliphatic hydroxyl groups excluding tert-OH is 1. The first-order valence-electron chi connectivity index (χ1n) is 9.30. The molecule has 144 valence electrons. The molecule has 0 saturated carbocycles. The van der Waals surface area contributed by atoms with Crippen LogP contribution in [-0.2, 0) is 11.2 Å². The van der Waals surface area contributed by atoms with E-state index in [4.69, 9.17) is 5.11 Å². The topological polar surface area (TPSA) is 77.8 Å². The molecule has 0 aromatic heterocycles. The fraction of sp³-hybridized carbons (Fsp3) is 0.455. The quantitative estimate of drug-likeness (QED) is 0.546. The van der Waals surface area contributed by atoms with E-state index in [2.05, 4.69) is 11.8 Å². The molecule has 0 bridgehead atoms. The molecule has 0 spiro atoms. The first-order valence-corrected chi connectivity index (χ1v) is 9.30. The lowest BCUT2D eigenvalue weighted by atomic mass is 10.00. The molecular weight excluding hydrogens is 342 g/mol. The standard InChI is InChI=1S/C22H27NO4/c1-3-4-5-16(2)20(24)12-10-19-11-13-21(25)23(19)15-14-17-6-8-18(9-7-17)22(26)27/h6-10,12,16,19-20,24H,5,11,13-15H2,1-2H3,(H,26,27)/b12-10+/t16-,19-,20+/m0/s1. The predicted molar refractivity (Wildman–Crippen MR) is 104 cm³/mol. The maximum Gasteiger partial charge on any atom is 0.335 e. The molecule has 5 heteroatoms. The van der Waals surface area contributed by atoms with Crippen molar-refractivity contribution in [2.24, 2.45) is 5.92 Å². The average Bonchev–Trinajstić information content (AvgIpc) is 3.02. The first-order chi connectivity index (χ1) is 12.9. The van der Waals surface area contributed by atoms with Gasteiger partial charge in [-0.15, -0.1) is 11.8 Å². The van der Waals surface area contributed by atoms with E-state index >= 15 is 0 Å². The van der Waals surface area contributed by atoms with E-state index in [1.165, 1.54) is 0 Å². The van der Waals surface area contributed by atoms with Gasteiger partial charge in [0.2, 0.25) is 5.91 Å². The highest BCUT2D eigenvalue weighted by Crippen LogP contribution is 2.21. The van der Waals surface area contributed by atoms with Crippen molar-refractivity contribution in [3.63, 3.8) is 0 Å². The van der Waals surface area contributed by atoms with E-state index in [1.807, 2.05) is 17.9 Å². The zero-order valence-electron chi connectivity index (χ0n) is 15.9. The number of carboxylic acids is 1. The minimum atomic E-state index is -0.945. The van der Waals surface area contributed by atoms with Crippen LogP contribution in [0.4, 0.5) is 0 Å². The van der Waals surface area contributed by atoms with Crippen LogP contribution < -0.4 is 0 Å². The minimum Gasteiger partial charge on any atom is -0.478 e. The van der Waals surface area contributed by atoms with Crippen LogP contribution in [0, 0.1) is 17.8 Å². The van der Waals surface area contributed by atoms with Gasteiger partial charge < -0.3 is 15.1 Å². The van der Waals surface area contributed by atoms with Crippen LogP contribution >= 0.6 is 0 Å². The van der Waals surface area contributed by atoms with Gasteiger partial charge in [-0.3, -0.25) is 4.79 Å². The van der Waals surface area contributed by atoms with Crippen molar-refractivity contribution in [1.82, 2.24) is 4.90 Å². The number of aromatic carboxylic acids is 1. The van der Waals surface area contributed by atoms with Crippen molar-refractivity contribution in [3.8, 4) is 11.8 Å². The molecule has 5 nitrogen and oxygen atoms in total. The van der Waals surface area contributed by atoms with Gasteiger partial charge in [0.05, 0.1) is 17.7 Å². The summed E-state index contributed by atoms with van der Waals surface area (Å²) in [6.45, 7) is 4.32. The monoisotopic (exact) mass is 369 g/mol. The highest BCUT2D eigenvalue weighted by molar-refractivity contribution is 5.87. The fourth-order valence-electron chi connectivity index (χ4n) is 3.13. The van der Waals surface area contributed by atoms with E-state index in [-0.39, 0.29) is 23.4 Å². The minimum absolute atomic E-state index is 0.00472. The first kappa shape index (κ1) is 20.7. The van der Waals surface area contributed by atoms with Gasteiger partial charge in [0, 0.05) is 19.4 Å². The summed E-state index contributed by atoms with van der Waals surface area (Å²) in [5.74, 6) is 5.03. The maximum absolute atomic E-state index is 12.2. The molecule has 1 aromatic carbocycles. The number of rotatable bonds is 8. The number of hydrogen-bond donors (Lipinski definition) is 2. The zero-order valence-corrected chi connectivity index (χ0v) is 15.9. The highest BCUT2D eigenvalue weighted by Gasteiger charge is 2.28. The third kappa shape index (κ3) is 5.97. The normalized spacial score (nSPS) is 19.0. The van der Waals surface area contributed by atoms with Crippen LogP contribution in [0.2, 0.25) is 0 Å². The molecule has 0 aliphatic carbocycles. The second-order valence-electron chi connectivity index (χ2n) is 6.93. The van der Waals surface area contributed by atoms with Gasteiger partial charge in [0.15, 0.2) is 0 Å². The highest BCUT2D eigenvalue weighted by atomic mass is 16.4. The number of nitrogens with zero attached hydrogens (tertiary/aromatic N) is 1. The lowest BCUT2D eigenvalue weighted by Gasteiger charge is -2.23. The van der Waals surface area contributed by atoms with Crippen LogP contribution in [0.15, 0.2) is 36.4 Å². The second kappa shape index (κ2) is 9.94. The van der Waals surface area contributed by atoms with Crippen LogP contribution in [0.1, 0.15) is 49.0 Å². The van der Waals surface area contributed by atoms with E-state index in [1.54, 1.807) is 37.3 Å². The molecule has 2 N–H and O–H groups in total. The van der Waals surface area contributed by atoms with E-state index < -0.39 is 12.1 Å². The van der Waals surface area contributed by atoms with Crippen LogP contribution in [-0.4, -0.2) is 45.7 Å². The Morgan fingerprint density at radius 2 is 2.07 bits per heavy atom. The van der Waals surface area contributed by atoms with E-state index in [0.717, 1.165) is 12.0 Å². The Balaban J connectivity index is 1.93. The Morgan fingerprint density at radius 3 is 2.70 bits per heavy atom. The number of amides is 1. The molecule has 0 radical (unpaired) electrons. The molecule has 1 saturated heterocycles. The summed E-state index contributed by atoms with van der Waals surface area (Å²) in [5, 5.41) is 19.2. The van der Waals surface area contributed by atoms with Crippen LogP contribution in [0.5, 0.6) is 0 Å². The Kier molecular flexibility index (Phi) is 7.63. The van der Waals surface area contributed by atoms with Gasteiger partial charge in [-0.2, -0.15) is 0 Å². The van der Waals surface area contributed by atoms with Gasteiger partial charge in [0.1, 0.15) is 0 Å². The summed E-state index contributed by atoms with van der Waals surface area (Å²) in [6.07, 6.45) is 5.71. The molecule has 1 aromatic rings. The molecule has 1 heterocycles. The number of carbonyl (C=O) groups is 2. The molecule has 27 heavy (non-hydrogen) atoms. The lowest BCUT2D eigenvalue weighted by Crippen LogP contribution is -2.34. The van der Waals surface area contributed by atoms with Crippen molar-refractivity contribution >= 4 is 11.9 Å². The number of carbonyl (C=O) groups excluding carboxylic acids is 1. The largest absolute Gasteiger partial charge is 0.478 e. The van der Waals surface area contributed by atoms with Gasteiger partial charge in [0.25, 0.3) is 0 Å². The summed E-state index contributed by atoms with van der Waals surface area (Å²) in [5.41, 5.74) is 1.25. The van der Waals surface area contributed by atoms with Crippen molar-refractivity contribution < 1.29 is 19.8 Å². The van der Waals surface area contributed by atoms with Crippen molar-refractivity contribution in [3.05, 3.63) is 47.5 Å². The summed E-state index contributed by atoms with van der Waals surface area (Å²) < 4.78 is 0. The van der Waals surface area contributed by atoms with Gasteiger partial charge in [-0.05, 0) is 43.4 Å². The summed E-state index contributed by atoms with van der Waals surface area (Å²) >= 11 is 0. The number of aliphatic hydroxyl groups is 1. The van der Waals surface area contributed by atoms with Crippen LogP contribution in [0.25, 0.3) is 0 Å². The molecule has 3 atom stereocenters. The third-order valence-electron chi connectivity index (χ3n) is 4.93. The number of likely N-dealkylation sites (tertiary alicyclic amines) is 1. The van der Waals surface area contributed by atoms with Gasteiger partial charge in [-0.1, -0.05) is 31.2 Å². The number of benzene rings is 1. The SMILES string of the molecule is CC#CC[C@H](C)[C@H](O)/C=C/[C@H]1CCC(=O)N1CCc1ccc(C(=O)O)cc1. The summed E-state index contributed by atoms with van der Waals surface area (Å²) in [6, 6.07) is 6.73. The van der Waals surface area contributed by atoms with Crippen LogP contribution in [0.3, 0.4) is 0 Å². The predicted octanol–water partition coefficient (Wildman–Crippen LogP) is 2.88. The molecule has 1 aliphatic heterocycles. The second-order valence-corrected chi connectivity index (χ2v) is 6.93. The van der Waals surface area contributed by atoms with E-state index in [0.29, 0.717) is 25.8 Å². The lowest BCUT2D eigenvalue weighted by molar-refractivity contribution is -0.128. The van der Waals surface area contributed by atoms with Crippen molar-refractivity contribution in [1.29, 1.82) is 0 Å². The molecule has 1 amide bonds. The zero-order chi connectivity index (χ0) is 19.8. The Hall–Kier alpha value is -2.58. The van der Waals surface area contributed by atoms with E-state index in [9.17, 15) is 14.7 Å². The maximum atomic E-state index is 12.2. The van der Waals surface area contributed by atoms with Crippen molar-refractivity contribution in [2.45, 2.75) is 51.7 Å². The Labute approximate surface area is 160 Å². The summed E-state index contributed by atoms with van der Waals surface area (Å²) in [7, 11) is 0. The Bertz CT molecular complexity index is 742. The molecule has 1 aliphatic rings. The molecule has 2 rings (SSSR count). The van der Waals surface area contributed by atoms with Crippen molar-refractivity contribution in [2.75, 3.05) is 6.54 Å². The summed E-state index contributed by atoms with van der Waals surface area (Å²) in [4.78, 5) is 25.0. The van der Waals surface area contributed by atoms with Gasteiger partial charge in [-0.25, -0.2) is 4.79 Å². The average molecular weight is 369 g/mol. The number of carboxylic acid groups (broad SMARTS) is 1. The smallest absolute Gasteiger partial charge is 0.335 e. The molecule has 0 unspecified atom stereocenters. The molecule has 1 fully saturated rings.